The molecular formula is C17H22N4O. The average Bonchev–Trinajstić information content (AvgIpc) is 2.54. The zero-order chi connectivity index (χ0) is 15.9. The number of hydrogen-bond acceptors (Lipinski definition) is 3. The van der Waals surface area contributed by atoms with Gasteiger partial charge in [-0.25, -0.2) is 4.99 Å². The maximum atomic E-state index is 9.63. The van der Waals surface area contributed by atoms with Crippen LogP contribution in [0.5, 0.6) is 5.75 Å². The number of rotatable bonds is 5. The third-order valence-electron chi connectivity index (χ3n) is 3.63. The van der Waals surface area contributed by atoms with Crippen molar-refractivity contribution in [2.75, 3.05) is 5.32 Å². The fourth-order valence-corrected chi connectivity index (χ4v) is 2.03. The van der Waals surface area contributed by atoms with Gasteiger partial charge >= 0.3 is 0 Å². The molecule has 0 fully saturated rings. The molecule has 116 valence electrons. The Labute approximate surface area is 130 Å². The van der Waals surface area contributed by atoms with Crippen molar-refractivity contribution in [3.8, 4) is 5.75 Å². The molecule has 1 heterocycles. The van der Waals surface area contributed by atoms with Crippen molar-refractivity contribution >= 4 is 11.6 Å². The minimum absolute atomic E-state index is 0.122. The topological polar surface area (TPSA) is 83.5 Å². The second-order valence-electron chi connectivity index (χ2n) is 5.23. The summed E-state index contributed by atoms with van der Waals surface area (Å²) >= 11 is 0. The molecule has 0 saturated heterocycles. The highest BCUT2D eigenvalue weighted by Crippen LogP contribution is 2.20. The predicted molar refractivity (Wildman–Crippen MR) is 90.0 cm³/mol. The molecule has 0 amide bonds. The van der Waals surface area contributed by atoms with E-state index in [0.717, 1.165) is 12.1 Å². The Morgan fingerprint density at radius 1 is 1.32 bits per heavy atom. The zero-order valence-corrected chi connectivity index (χ0v) is 13.0. The van der Waals surface area contributed by atoms with Gasteiger partial charge in [0.25, 0.3) is 0 Å². The third kappa shape index (κ3) is 4.22. The lowest BCUT2D eigenvalue weighted by Crippen LogP contribution is -2.22. The van der Waals surface area contributed by atoms with Crippen molar-refractivity contribution in [2.45, 2.75) is 32.7 Å². The van der Waals surface area contributed by atoms with Crippen LogP contribution in [0.3, 0.4) is 0 Å². The molecule has 1 aromatic heterocycles. The summed E-state index contributed by atoms with van der Waals surface area (Å²) in [5.41, 5.74) is 8.55. The fourth-order valence-electron chi connectivity index (χ4n) is 2.03. The molecule has 0 radical (unpaired) electrons. The van der Waals surface area contributed by atoms with Gasteiger partial charge in [0, 0.05) is 11.9 Å². The molecule has 0 bridgehead atoms. The summed E-state index contributed by atoms with van der Waals surface area (Å²) in [5.74, 6) is 0.963. The van der Waals surface area contributed by atoms with E-state index in [0.29, 0.717) is 17.6 Å². The zero-order valence-electron chi connectivity index (χ0n) is 13.0. The number of hydrogen-bond donors (Lipinski definition) is 3. The molecule has 0 aliphatic rings. The maximum absolute atomic E-state index is 9.63. The Hall–Kier alpha value is -2.56. The standard InChI is InChI=1S/C17H22N4O/c1-3-12(2)13-6-8-14(9-7-13)21-17(18)20-11-15-16(22)5-4-10-19-15/h4-10,12,22H,3,11H2,1-2H3,(H3,18,20,21). The van der Waals surface area contributed by atoms with Crippen LogP contribution in [0.2, 0.25) is 0 Å². The number of nitrogens with one attached hydrogen (secondary N) is 1. The minimum atomic E-state index is 0.122. The number of guanidine groups is 1. The maximum Gasteiger partial charge on any atom is 0.193 e. The number of anilines is 1. The predicted octanol–water partition coefficient (Wildman–Crippen LogP) is 3.23. The number of nitrogens with two attached hydrogens (primary N) is 1. The molecule has 0 aliphatic heterocycles. The summed E-state index contributed by atoms with van der Waals surface area (Å²) in [4.78, 5) is 8.24. The molecule has 1 unspecified atom stereocenters. The van der Waals surface area contributed by atoms with Crippen molar-refractivity contribution in [3.05, 3.63) is 53.9 Å². The number of nitrogens with zero attached hydrogens (tertiary/aromatic N) is 2. The number of aromatic nitrogens is 1. The Kier molecular flexibility index (Phi) is 5.36. The molecule has 0 saturated carbocycles. The van der Waals surface area contributed by atoms with Crippen molar-refractivity contribution in [1.29, 1.82) is 0 Å². The SMILES string of the molecule is CCC(C)c1ccc(NC(N)=NCc2ncccc2O)cc1. The van der Waals surface area contributed by atoms with Crippen LogP contribution in [0.15, 0.2) is 47.6 Å². The quantitative estimate of drug-likeness (QED) is 0.584. The van der Waals surface area contributed by atoms with Crippen molar-refractivity contribution < 1.29 is 5.11 Å². The Morgan fingerprint density at radius 2 is 2.05 bits per heavy atom. The van der Waals surface area contributed by atoms with Crippen LogP contribution in [0, 0.1) is 0 Å². The number of pyridine rings is 1. The highest BCUT2D eigenvalue weighted by atomic mass is 16.3. The van der Waals surface area contributed by atoms with Gasteiger partial charge in [-0.2, -0.15) is 0 Å². The molecule has 4 N–H and O–H groups in total. The summed E-state index contributed by atoms with van der Waals surface area (Å²) in [6, 6.07) is 11.4. The summed E-state index contributed by atoms with van der Waals surface area (Å²) in [7, 11) is 0. The van der Waals surface area contributed by atoms with Crippen LogP contribution in [0.4, 0.5) is 5.69 Å². The normalized spacial score (nSPS) is 12.9. The molecule has 5 heteroatoms. The van der Waals surface area contributed by atoms with E-state index >= 15 is 0 Å². The molecule has 5 nitrogen and oxygen atoms in total. The van der Waals surface area contributed by atoms with E-state index < -0.39 is 0 Å². The van der Waals surface area contributed by atoms with Crippen molar-refractivity contribution in [2.24, 2.45) is 10.7 Å². The van der Waals surface area contributed by atoms with Gasteiger partial charge in [0.15, 0.2) is 5.96 Å². The van der Waals surface area contributed by atoms with Crippen LogP contribution in [-0.4, -0.2) is 16.1 Å². The second-order valence-corrected chi connectivity index (χ2v) is 5.23. The van der Waals surface area contributed by atoms with E-state index in [1.807, 2.05) is 12.1 Å². The Morgan fingerprint density at radius 3 is 2.68 bits per heavy atom. The first-order chi connectivity index (χ1) is 10.6. The smallest absolute Gasteiger partial charge is 0.193 e. The van der Waals surface area contributed by atoms with Crippen LogP contribution in [0.1, 0.15) is 37.4 Å². The lowest BCUT2D eigenvalue weighted by molar-refractivity contribution is 0.464. The summed E-state index contributed by atoms with van der Waals surface area (Å²) in [6.45, 7) is 4.61. The first-order valence-corrected chi connectivity index (χ1v) is 7.40. The van der Waals surface area contributed by atoms with E-state index in [1.54, 1.807) is 18.3 Å². The molecule has 0 spiro atoms. The second kappa shape index (κ2) is 7.45. The summed E-state index contributed by atoms with van der Waals surface area (Å²) in [5, 5.41) is 12.7. The number of benzene rings is 1. The lowest BCUT2D eigenvalue weighted by Gasteiger charge is -2.10. The summed E-state index contributed by atoms with van der Waals surface area (Å²) < 4.78 is 0. The van der Waals surface area contributed by atoms with E-state index in [2.05, 4.69) is 41.3 Å². The largest absolute Gasteiger partial charge is 0.506 e. The van der Waals surface area contributed by atoms with Gasteiger partial charge in [-0.3, -0.25) is 4.98 Å². The van der Waals surface area contributed by atoms with Crippen molar-refractivity contribution in [3.63, 3.8) is 0 Å². The van der Waals surface area contributed by atoms with Gasteiger partial charge in [-0.15, -0.1) is 0 Å². The van der Waals surface area contributed by atoms with Crippen molar-refractivity contribution in [1.82, 2.24) is 4.98 Å². The molecule has 1 aromatic carbocycles. The molecule has 1 atom stereocenters. The molecular weight excluding hydrogens is 276 g/mol. The van der Waals surface area contributed by atoms with Gasteiger partial charge < -0.3 is 16.2 Å². The highest BCUT2D eigenvalue weighted by molar-refractivity contribution is 5.92. The van der Waals surface area contributed by atoms with E-state index in [4.69, 9.17) is 5.73 Å². The monoisotopic (exact) mass is 298 g/mol. The Bertz CT molecular complexity index is 637. The van der Waals surface area contributed by atoms with E-state index in [9.17, 15) is 5.11 Å². The van der Waals surface area contributed by atoms with E-state index in [-0.39, 0.29) is 12.3 Å². The van der Waals surface area contributed by atoms with Gasteiger partial charge in [-0.05, 0) is 42.2 Å². The summed E-state index contributed by atoms with van der Waals surface area (Å²) in [6.07, 6.45) is 2.73. The molecule has 22 heavy (non-hydrogen) atoms. The fraction of sp³-hybridized carbons (Fsp3) is 0.294. The minimum Gasteiger partial charge on any atom is -0.506 e. The highest BCUT2D eigenvalue weighted by Gasteiger charge is 2.03. The van der Waals surface area contributed by atoms with Crippen LogP contribution >= 0.6 is 0 Å². The average molecular weight is 298 g/mol. The van der Waals surface area contributed by atoms with Crippen LogP contribution in [0.25, 0.3) is 0 Å². The number of aromatic hydroxyl groups is 1. The molecule has 0 aliphatic carbocycles. The Balaban J connectivity index is 1.98. The van der Waals surface area contributed by atoms with Crippen LogP contribution in [-0.2, 0) is 6.54 Å². The number of aliphatic imine (C=N–C) groups is 1. The molecule has 2 aromatic rings. The third-order valence-corrected chi connectivity index (χ3v) is 3.63. The van der Waals surface area contributed by atoms with Gasteiger partial charge in [-0.1, -0.05) is 26.0 Å². The van der Waals surface area contributed by atoms with Crippen LogP contribution < -0.4 is 11.1 Å². The van der Waals surface area contributed by atoms with Gasteiger partial charge in [0.2, 0.25) is 0 Å². The van der Waals surface area contributed by atoms with Gasteiger partial charge in [0.05, 0.1) is 6.54 Å². The first kappa shape index (κ1) is 15.8. The molecule has 2 rings (SSSR count). The van der Waals surface area contributed by atoms with Gasteiger partial charge in [0.1, 0.15) is 11.4 Å². The lowest BCUT2D eigenvalue weighted by atomic mass is 9.99. The van der Waals surface area contributed by atoms with E-state index in [1.165, 1.54) is 5.56 Å². The first-order valence-electron chi connectivity index (χ1n) is 7.40.